The fourth-order valence-corrected chi connectivity index (χ4v) is 6.43. The van der Waals surface area contributed by atoms with E-state index in [1.54, 1.807) is 0 Å². The van der Waals surface area contributed by atoms with Gasteiger partial charge in [-0.1, -0.05) is 88.4 Å². The van der Waals surface area contributed by atoms with Crippen molar-refractivity contribution in [3.05, 3.63) is 65.7 Å². The molecule has 1 aliphatic carbocycles. The molecule has 1 heterocycles. The topological polar surface area (TPSA) is 112 Å². The van der Waals surface area contributed by atoms with Gasteiger partial charge in [-0.15, -0.1) is 0 Å². The van der Waals surface area contributed by atoms with Crippen molar-refractivity contribution in [2.75, 3.05) is 26.2 Å². The molecular weight excluding hydrogens is 590 g/mol. The highest BCUT2D eigenvalue weighted by Crippen LogP contribution is 2.18. The predicted molar refractivity (Wildman–Crippen MR) is 187 cm³/mol. The molecule has 0 aromatic heterocycles. The molecule has 1 aliphatic heterocycles. The Morgan fingerprint density at radius 3 is 2.13 bits per heavy atom. The van der Waals surface area contributed by atoms with E-state index in [0.717, 1.165) is 55.5 Å². The minimum absolute atomic E-state index is 0.183. The van der Waals surface area contributed by atoms with E-state index in [1.807, 2.05) is 73.3 Å². The van der Waals surface area contributed by atoms with Crippen LogP contribution >= 0.6 is 0 Å². The zero-order valence-electron chi connectivity index (χ0n) is 28.6. The summed E-state index contributed by atoms with van der Waals surface area (Å²) in [7, 11) is 0. The Balaban J connectivity index is 1.37. The number of nitrogens with zero attached hydrogens (tertiary/aromatic N) is 1. The Morgan fingerprint density at radius 1 is 0.766 bits per heavy atom. The molecule has 4 rings (SSSR count). The highest BCUT2D eigenvalue weighted by molar-refractivity contribution is 5.92. The maximum Gasteiger partial charge on any atom is 0.318 e. The molecular formula is C38H57N5O4. The number of likely N-dealkylation sites (tertiary alicyclic amines) is 1. The van der Waals surface area contributed by atoms with Crippen LogP contribution in [0.2, 0.25) is 0 Å². The molecule has 258 valence electrons. The highest BCUT2D eigenvalue weighted by Gasteiger charge is 2.29. The molecule has 9 nitrogen and oxygen atoms in total. The first-order chi connectivity index (χ1) is 22.9. The lowest BCUT2D eigenvalue weighted by molar-refractivity contribution is -0.130. The molecule has 2 aromatic carbocycles. The van der Waals surface area contributed by atoms with Crippen LogP contribution in [-0.4, -0.2) is 67.0 Å². The van der Waals surface area contributed by atoms with E-state index in [9.17, 15) is 14.4 Å². The number of ether oxygens (including phenoxy) is 1. The highest BCUT2D eigenvalue weighted by atomic mass is 16.5. The fourth-order valence-electron chi connectivity index (χ4n) is 6.43. The average molecular weight is 648 g/mol. The van der Waals surface area contributed by atoms with Gasteiger partial charge in [-0.25, -0.2) is 4.79 Å². The Kier molecular flexibility index (Phi) is 15.4. The predicted octanol–water partition coefficient (Wildman–Crippen LogP) is 5.72. The second-order valence-corrected chi connectivity index (χ2v) is 13.7. The number of urea groups is 1. The lowest BCUT2D eigenvalue weighted by Gasteiger charge is -2.27. The summed E-state index contributed by atoms with van der Waals surface area (Å²) in [5.74, 6) is 0.371. The molecule has 0 bridgehead atoms. The molecule has 0 radical (unpaired) electrons. The van der Waals surface area contributed by atoms with Gasteiger partial charge in [0, 0.05) is 32.1 Å². The quantitative estimate of drug-likeness (QED) is 0.174. The number of nitrogens with one attached hydrogen (secondary N) is 4. The molecule has 1 saturated heterocycles. The number of hydrogen-bond acceptors (Lipinski definition) is 5. The van der Waals surface area contributed by atoms with Crippen molar-refractivity contribution < 1.29 is 19.1 Å². The van der Waals surface area contributed by atoms with E-state index >= 15 is 0 Å². The van der Waals surface area contributed by atoms with E-state index < -0.39 is 12.1 Å². The molecule has 0 spiro atoms. The molecule has 2 aliphatic rings. The summed E-state index contributed by atoms with van der Waals surface area (Å²) in [5.41, 5.74) is 1.99. The van der Waals surface area contributed by atoms with E-state index in [2.05, 4.69) is 21.3 Å². The summed E-state index contributed by atoms with van der Waals surface area (Å²) in [6.07, 6.45) is 12.2. The van der Waals surface area contributed by atoms with Crippen molar-refractivity contribution in [2.45, 2.75) is 116 Å². The van der Waals surface area contributed by atoms with Gasteiger partial charge < -0.3 is 30.9 Å². The van der Waals surface area contributed by atoms with Crippen LogP contribution in [0.25, 0.3) is 0 Å². The van der Waals surface area contributed by atoms with Gasteiger partial charge in [-0.3, -0.25) is 9.59 Å². The normalized spacial score (nSPS) is 17.0. The average Bonchev–Trinajstić information content (AvgIpc) is 3.38. The summed E-state index contributed by atoms with van der Waals surface area (Å²) in [6, 6.07) is 16.5. The zero-order valence-corrected chi connectivity index (χ0v) is 28.6. The lowest BCUT2D eigenvalue weighted by Crippen LogP contribution is -2.56. The molecule has 9 heteroatoms. The maximum absolute atomic E-state index is 13.7. The largest absolute Gasteiger partial charge is 0.489 e. The van der Waals surface area contributed by atoms with Crippen LogP contribution in [0.4, 0.5) is 4.79 Å². The Morgan fingerprint density at radius 2 is 1.45 bits per heavy atom. The number of carbonyl (C=O) groups excluding carboxylic acids is 3. The summed E-state index contributed by atoms with van der Waals surface area (Å²) in [6.45, 7) is 7.32. The van der Waals surface area contributed by atoms with E-state index in [1.165, 1.54) is 32.1 Å². The van der Waals surface area contributed by atoms with Crippen LogP contribution < -0.4 is 26.0 Å². The van der Waals surface area contributed by atoms with Crippen molar-refractivity contribution >= 4 is 17.8 Å². The molecule has 2 aromatic rings. The number of benzene rings is 2. The Bertz CT molecular complexity index is 1210. The second kappa shape index (κ2) is 19.9. The first kappa shape index (κ1) is 36.2. The number of carbonyl (C=O) groups is 3. The van der Waals surface area contributed by atoms with Gasteiger partial charge in [0.05, 0.1) is 0 Å². The molecule has 4 N–H and O–H groups in total. The Labute approximate surface area is 282 Å². The Hall–Kier alpha value is -3.59. The first-order valence-electron chi connectivity index (χ1n) is 18.0. The third kappa shape index (κ3) is 13.2. The van der Waals surface area contributed by atoms with E-state index in [4.69, 9.17) is 4.74 Å². The van der Waals surface area contributed by atoms with Gasteiger partial charge >= 0.3 is 6.03 Å². The van der Waals surface area contributed by atoms with Gasteiger partial charge in [0.1, 0.15) is 24.4 Å². The first-order valence-corrected chi connectivity index (χ1v) is 18.0. The second-order valence-electron chi connectivity index (χ2n) is 13.7. The standard InChI is InChI=1S/C38H57N5O4/c1-29(2)26-34(42-38(46)43-24-11-3-4-12-25-43)37(45)41-35(36(44)40-23-13-22-39-32-16-9-6-10-17-32)27-30-18-20-33(21-19-30)47-28-31-14-7-5-8-15-31/h5,7-8,14-15,18-21,29,32,34-35,39H,3-4,6,9-13,16-17,22-28H2,1-2H3,(H,40,44)(H,41,45)(H,42,46)/t34-,35-/m0/s1. The van der Waals surface area contributed by atoms with Crippen LogP contribution in [0.5, 0.6) is 5.75 Å². The molecule has 4 amide bonds. The molecule has 2 atom stereocenters. The van der Waals surface area contributed by atoms with E-state index in [0.29, 0.717) is 45.1 Å². The van der Waals surface area contributed by atoms with Crippen molar-refractivity contribution in [2.24, 2.45) is 5.92 Å². The van der Waals surface area contributed by atoms with Gasteiger partial charge in [-0.2, -0.15) is 0 Å². The van der Waals surface area contributed by atoms with Gasteiger partial charge in [0.25, 0.3) is 0 Å². The van der Waals surface area contributed by atoms with E-state index in [-0.39, 0.29) is 23.8 Å². The fraction of sp³-hybridized carbons (Fsp3) is 0.605. The third-order valence-electron chi connectivity index (χ3n) is 9.15. The molecule has 2 fully saturated rings. The third-order valence-corrected chi connectivity index (χ3v) is 9.15. The van der Waals surface area contributed by atoms with Crippen LogP contribution in [0.3, 0.4) is 0 Å². The SMILES string of the molecule is CC(C)C[C@H](NC(=O)N1CCCCCC1)C(=O)N[C@@H](Cc1ccc(OCc2ccccc2)cc1)C(=O)NCCCNC1CCCCC1. The van der Waals surface area contributed by atoms with Crippen LogP contribution in [-0.2, 0) is 22.6 Å². The molecule has 1 saturated carbocycles. The molecule has 47 heavy (non-hydrogen) atoms. The van der Waals surface area contributed by atoms with Gasteiger partial charge in [0.2, 0.25) is 11.8 Å². The van der Waals surface area contributed by atoms with Gasteiger partial charge in [0.15, 0.2) is 0 Å². The van der Waals surface area contributed by atoms with Crippen molar-refractivity contribution in [3.63, 3.8) is 0 Å². The van der Waals surface area contributed by atoms with Crippen molar-refractivity contribution in [3.8, 4) is 5.75 Å². The minimum Gasteiger partial charge on any atom is -0.489 e. The number of rotatable bonds is 16. The number of amides is 4. The maximum atomic E-state index is 13.7. The summed E-state index contributed by atoms with van der Waals surface area (Å²) < 4.78 is 5.95. The van der Waals surface area contributed by atoms with Crippen molar-refractivity contribution in [1.29, 1.82) is 0 Å². The van der Waals surface area contributed by atoms with Crippen molar-refractivity contribution in [1.82, 2.24) is 26.2 Å². The summed E-state index contributed by atoms with van der Waals surface area (Å²) in [4.78, 5) is 42.3. The van der Waals surface area contributed by atoms with Crippen LogP contribution in [0.15, 0.2) is 54.6 Å². The van der Waals surface area contributed by atoms with Crippen LogP contribution in [0, 0.1) is 5.92 Å². The zero-order chi connectivity index (χ0) is 33.3. The summed E-state index contributed by atoms with van der Waals surface area (Å²) >= 11 is 0. The number of hydrogen-bond donors (Lipinski definition) is 4. The summed E-state index contributed by atoms with van der Waals surface area (Å²) in [5, 5.41) is 12.7. The van der Waals surface area contributed by atoms with Gasteiger partial charge in [-0.05, 0) is 74.2 Å². The monoisotopic (exact) mass is 647 g/mol. The lowest BCUT2D eigenvalue weighted by atomic mass is 9.95. The molecule has 0 unspecified atom stereocenters. The van der Waals surface area contributed by atoms with Crippen LogP contribution in [0.1, 0.15) is 95.6 Å². The smallest absolute Gasteiger partial charge is 0.318 e. The minimum atomic E-state index is -0.783.